The van der Waals surface area contributed by atoms with E-state index in [9.17, 15) is 0 Å². The summed E-state index contributed by atoms with van der Waals surface area (Å²) in [5.74, 6) is 0.853. The lowest BCUT2D eigenvalue weighted by Gasteiger charge is -2.38. The second kappa shape index (κ2) is 7.43. The van der Waals surface area contributed by atoms with Gasteiger partial charge in [-0.3, -0.25) is 0 Å². The van der Waals surface area contributed by atoms with E-state index in [1.54, 1.807) is 0 Å². The molecule has 2 rings (SSSR count). The molecule has 4 heteroatoms. The van der Waals surface area contributed by atoms with Gasteiger partial charge in [-0.25, -0.2) is 0 Å². The minimum absolute atomic E-state index is 0.780. The Bertz CT molecular complexity index is 223. The number of hydrogen-bond acceptors (Lipinski definition) is 4. The smallest absolute Gasteiger partial charge is 0.0469 e. The van der Waals surface area contributed by atoms with E-state index < -0.39 is 0 Å². The molecule has 106 valence electrons. The lowest BCUT2D eigenvalue weighted by atomic mass is 9.97. The average Bonchev–Trinajstić information content (AvgIpc) is 2.41. The Hall–Kier alpha value is -0.160. The van der Waals surface area contributed by atoms with E-state index in [1.807, 2.05) is 0 Å². The van der Waals surface area contributed by atoms with Crippen LogP contribution >= 0.6 is 0 Å². The van der Waals surface area contributed by atoms with Crippen molar-refractivity contribution < 1.29 is 4.74 Å². The molecule has 0 aromatic carbocycles. The normalized spacial score (nSPS) is 24.8. The van der Waals surface area contributed by atoms with Gasteiger partial charge in [0.05, 0.1) is 0 Å². The molecule has 2 aliphatic rings. The molecule has 0 radical (unpaired) electrons. The first kappa shape index (κ1) is 14.3. The maximum atomic E-state index is 5.61. The molecule has 0 bridgehead atoms. The van der Waals surface area contributed by atoms with E-state index >= 15 is 0 Å². The molecule has 0 unspecified atom stereocenters. The number of nitrogens with two attached hydrogens (primary N) is 1. The van der Waals surface area contributed by atoms with Crippen molar-refractivity contribution in [2.75, 3.05) is 53.0 Å². The Morgan fingerprint density at radius 1 is 1.17 bits per heavy atom. The van der Waals surface area contributed by atoms with Crippen LogP contribution in [0, 0.1) is 5.92 Å². The molecule has 0 saturated carbocycles. The maximum absolute atomic E-state index is 5.61. The van der Waals surface area contributed by atoms with E-state index in [2.05, 4.69) is 16.8 Å². The number of ether oxygens (including phenoxy) is 1. The van der Waals surface area contributed by atoms with Crippen molar-refractivity contribution in [2.24, 2.45) is 11.7 Å². The minimum Gasteiger partial charge on any atom is -0.381 e. The predicted molar refractivity (Wildman–Crippen MR) is 74.7 cm³/mol. The largest absolute Gasteiger partial charge is 0.381 e. The molecule has 2 aliphatic heterocycles. The summed E-state index contributed by atoms with van der Waals surface area (Å²) in [5, 5.41) is 0. The molecule has 0 aliphatic carbocycles. The summed E-state index contributed by atoms with van der Waals surface area (Å²) < 4.78 is 5.43. The van der Waals surface area contributed by atoms with Crippen molar-refractivity contribution in [3.8, 4) is 0 Å². The van der Waals surface area contributed by atoms with Crippen LogP contribution in [0.1, 0.15) is 25.7 Å². The summed E-state index contributed by atoms with van der Waals surface area (Å²) in [6, 6.07) is 0.780. The van der Waals surface area contributed by atoms with Crippen LogP contribution in [0.5, 0.6) is 0 Å². The molecular weight excluding hydrogens is 226 g/mol. The zero-order valence-electron chi connectivity index (χ0n) is 11.8. The molecule has 0 atom stereocenters. The van der Waals surface area contributed by atoms with Crippen LogP contribution in [0.4, 0.5) is 0 Å². The predicted octanol–water partition coefficient (Wildman–Crippen LogP) is 0.768. The van der Waals surface area contributed by atoms with Gasteiger partial charge >= 0.3 is 0 Å². The fraction of sp³-hybridized carbons (Fsp3) is 1.00. The third-order valence-corrected chi connectivity index (χ3v) is 4.51. The van der Waals surface area contributed by atoms with Crippen LogP contribution < -0.4 is 5.73 Å². The van der Waals surface area contributed by atoms with E-state index in [1.165, 1.54) is 45.3 Å². The van der Waals surface area contributed by atoms with Crippen molar-refractivity contribution in [1.82, 2.24) is 9.80 Å². The highest BCUT2D eigenvalue weighted by Crippen LogP contribution is 2.20. The zero-order valence-corrected chi connectivity index (χ0v) is 11.8. The molecule has 2 fully saturated rings. The highest BCUT2D eigenvalue weighted by atomic mass is 16.5. The summed E-state index contributed by atoms with van der Waals surface area (Å²) >= 11 is 0. The number of hydrogen-bond donors (Lipinski definition) is 1. The van der Waals surface area contributed by atoms with E-state index in [-0.39, 0.29) is 0 Å². The summed E-state index contributed by atoms with van der Waals surface area (Å²) in [4.78, 5) is 5.09. The van der Waals surface area contributed by atoms with Gasteiger partial charge in [0.25, 0.3) is 0 Å². The second-order valence-electron chi connectivity index (χ2n) is 5.86. The first-order valence-corrected chi connectivity index (χ1v) is 7.50. The number of nitrogens with zero attached hydrogens (tertiary/aromatic N) is 2. The lowest BCUT2D eigenvalue weighted by molar-refractivity contribution is 0.0431. The fourth-order valence-corrected chi connectivity index (χ4v) is 3.25. The maximum Gasteiger partial charge on any atom is 0.0469 e. The number of likely N-dealkylation sites (tertiary alicyclic amines) is 1. The van der Waals surface area contributed by atoms with Gasteiger partial charge in [0, 0.05) is 38.9 Å². The topological polar surface area (TPSA) is 41.7 Å². The standard InChI is InChI=1S/C14H29N3O/c1-16(12-13-4-10-18-11-5-13)14-2-7-17(8-3-14)9-6-15/h13-14H,2-12,15H2,1H3. The van der Waals surface area contributed by atoms with Crippen LogP contribution in [0.25, 0.3) is 0 Å². The third kappa shape index (κ3) is 4.19. The van der Waals surface area contributed by atoms with Crippen LogP contribution in [-0.2, 0) is 4.74 Å². The number of piperidine rings is 1. The molecule has 0 amide bonds. The molecule has 0 aromatic heterocycles. The van der Waals surface area contributed by atoms with Gasteiger partial charge in [-0.05, 0) is 51.7 Å². The van der Waals surface area contributed by atoms with Gasteiger partial charge in [-0.1, -0.05) is 0 Å². The lowest BCUT2D eigenvalue weighted by Crippen LogP contribution is -2.46. The third-order valence-electron chi connectivity index (χ3n) is 4.51. The van der Waals surface area contributed by atoms with Gasteiger partial charge < -0.3 is 20.3 Å². The van der Waals surface area contributed by atoms with Crippen molar-refractivity contribution in [3.05, 3.63) is 0 Å². The quantitative estimate of drug-likeness (QED) is 0.788. The van der Waals surface area contributed by atoms with Crippen LogP contribution in [0.15, 0.2) is 0 Å². The fourth-order valence-electron chi connectivity index (χ4n) is 3.25. The summed E-state index contributed by atoms with van der Waals surface area (Å²) in [5.41, 5.74) is 5.61. The van der Waals surface area contributed by atoms with Crippen molar-refractivity contribution >= 4 is 0 Å². The average molecular weight is 255 g/mol. The summed E-state index contributed by atoms with van der Waals surface area (Å²) in [7, 11) is 2.30. The second-order valence-corrected chi connectivity index (χ2v) is 5.86. The van der Waals surface area contributed by atoms with Crippen LogP contribution in [0.3, 0.4) is 0 Å². The Labute approximate surface area is 111 Å². The Morgan fingerprint density at radius 3 is 2.44 bits per heavy atom. The SMILES string of the molecule is CN(CC1CCOCC1)C1CCN(CCN)CC1. The van der Waals surface area contributed by atoms with Crippen molar-refractivity contribution in [3.63, 3.8) is 0 Å². The summed E-state index contributed by atoms with van der Waals surface area (Å²) in [6.07, 6.45) is 5.10. The minimum atomic E-state index is 0.780. The van der Waals surface area contributed by atoms with E-state index in [0.717, 1.165) is 38.3 Å². The molecule has 18 heavy (non-hydrogen) atoms. The molecule has 0 aromatic rings. The first-order valence-electron chi connectivity index (χ1n) is 7.50. The molecule has 0 spiro atoms. The van der Waals surface area contributed by atoms with Gasteiger partial charge in [-0.2, -0.15) is 0 Å². The highest BCUT2D eigenvalue weighted by Gasteiger charge is 2.24. The molecule has 4 nitrogen and oxygen atoms in total. The Kier molecular flexibility index (Phi) is 5.89. The van der Waals surface area contributed by atoms with Gasteiger partial charge in [0.2, 0.25) is 0 Å². The molecule has 2 saturated heterocycles. The van der Waals surface area contributed by atoms with Crippen LogP contribution in [0.2, 0.25) is 0 Å². The van der Waals surface area contributed by atoms with E-state index in [4.69, 9.17) is 10.5 Å². The highest BCUT2D eigenvalue weighted by molar-refractivity contribution is 4.80. The first-order chi connectivity index (χ1) is 8.79. The molecular formula is C14H29N3O. The van der Waals surface area contributed by atoms with Gasteiger partial charge in [0.1, 0.15) is 0 Å². The van der Waals surface area contributed by atoms with E-state index in [0.29, 0.717) is 0 Å². The summed E-state index contributed by atoms with van der Waals surface area (Å²) in [6.45, 7) is 7.49. The van der Waals surface area contributed by atoms with Gasteiger partial charge in [-0.15, -0.1) is 0 Å². The van der Waals surface area contributed by atoms with Crippen molar-refractivity contribution in [1.29, 1.82) is 0 Å². The van der Waals surface area contributed by atoms with Gasteiger partial charge in [0.15, 0.2) is 0 Å². The number of rotatable bonds is 5. The molecule has 2 heterocycles. The molecule has 2 N–H and O–H groups in total. The Balaban J connectivity index is 1.68. The zero-order chi connectivity index (χ0) is 12.8. The van der Waals surface area contributed by atoms with Crippen LogP contribution in [-0.4, -0.2) is 68.8 Å². The Morgan fingerprint density at radius 2 is 1.83 bits per heavy atom. The van der Waals surface area contributed by atoms with Crippen molar-refractivity contribution in [2.45, 2.75) is 31.7 Å². The monoisotopic (exact) mass is 255 g/mol.